The maximum absolute atomic E-state index is 12.9. The Morgan fingerprint density at radius 1 is 1.08 bits per heavy atom. The molecule has 1 heterocycles. The third-order valence-corrected chi connectivity index (χ3v) is 3.90. The van der Waals surface area contributed by atoms with Crippen molar-refractivity contribution in [3.8, 4) is 11.3 Å². The maximum Gasteiger partial charge on any atom is 0.258 e. The smallest absolute Gasteiger partial charge is 0.258 e. The van der Waals surface area contributed by atoms with Gasteiger partial charge in [0.15, 0.2) is 12.2 Å². The molecule has 0 spiro atoms. The summed E-state index contributed by atoms with van der Waals surface area (Å²) in [5.41, 5.74) is 2.50. The maximum atomic E-state index is 12.9. The van der Waals surface area contributed by atoms with Gasteiger partial charge >= 0.3 is 0 Å². The van der Waals surface area contributed by atoms with Gasteiger partial charge < -0.3 is 9.32 Å². The van der Waals surface area contributed by atoms with Crippen molar-refractivity contribution in [3.05, 3.63) is 72.8 Å². The van der Waals surface area contributed by atoms with E-state index in [1.807, 2.05) is 59.5 Å². The zero-order chi connectivity index (χ0) is 16.8. The summed E-state index contributed by atoms with van der Waals surface area (Å²) in [6.07, 6.45) is 5.07. The Kier molecular flexibility index (Phi) is 5.06. The van der Waals surface area contributed by atoms with Crippen LogP contribution in [0.3, 0.4) is 0 Å². The van der Waals surface area contributed by atoms with Crippen molar-refractivity contribution < 1.29 is 9.21 Å². The van der Waals surface area contributed by atoms with Crippen LogP contribution in [0.25, 0.3) is 11.3 Å². The zero-order valence-electron chi connectivity index (χ0n) is 13.7. The number of rotatable bonds is 6. The molecule has 0 saturated carbocycles. The minimum absolute atomic E-state index is 0.0127. The van der Waals surface area contributed by atoms with Gasteiger partial charge in [0.05, 0.1) is 6.20 Å². The Hall–Kier alpha value is -2.88. The van der Waals surface area contributed by atoms with Crippen molar-refractivity contribution in [3.63, 3.8) is 0 Å². The number of unbranched alkanes of at least 4 members (excludes halogenated alkanes) is 1. The molecule has 4 heteroatoms. The second-order valence-electron chi connectivity index (χ2n) is 5.59. The van der Waals surface area contributed by atoms with Gasteiger partial charge in [-0.2, -0.15) is 0 Å². The molecule has 1 amide bonds. The Bertz CT molecular complexity index is 765. The quantitative estimate of drug-likeness (QED) is 0.656. The predicted molar refractivity (Wildman–Crippen MR) is 95.0 cm³/mol. The third kappa shape index (κ3) is 3.54. The average molecular weight is 320 g/mol. The Morgan fingerprint density at radius 2 is 1.83 bits per heavy atom. The Labute approximate surface area is 141 Å². The van der Waals surface area contributed by atoms with Gasteiger partial charge in [0.2, 0.25) is 0 Å². The van der Waals surface area contributed by atoms with Crippen molar-refractivity contribution in [1.29, 1.82) is 0 Å². The van der Waals surface area contributed by atoms with Crippen molar-refractivity contribution in [2.45, 2.75) is 19.8 Å². The predicted octanol–water partition coefficient (Wildman–Crippen LogP) is 4.79. The van der Waals surface area contributed by atoms with Gasteiger partial charge in [0, 0.05) is 23.4 Å². The lowest BCUT2D eigenvalue weighted by atomic mass is 10.1. The highest BCUT2D eigenvalue weighted by molar-refractivity contribution is 6.06. The topological polar surface area (TPSA) is 46.3 Å². The fourth-order valence-corrected chi connectivity index (χ4v) is 2.56. The summed E-state index contributed by atoms with van der Waals surface area (Å²) in [4.78, 5) is 18.7. The van der Waals surface area contributed by atoms with Crippen LogP contribution in [0.15, 0.2) is 71.6 Å². The van der Waals surface area contributed by atoms with E-state index < -0.39 is 0 Å². The fraction of sp³-hybridized carbons (Fsp3) is 0.200. The molecule has 0 radical (unpaired) electrons. The van der Waals surface area contributed by atoms with Gasteiger partial charge in [-0.3, -0.25) is 4.79 Å². The molecule has 0 unspecified atom stereocenters. The van der Waals surface area contributed by atoms with E-state index in [4.69, 9.17) is 4.42 Å². The molecule has 122 valence electrons. The summed E-state index contributed by atoms with van der Waals surface area (Å²) < 4.78 is 5.28. The van der Waals surface area contributed by atoms with Crippen LogP contribution in [0.5, 0.6) is 0 Å². The van der Waals surface area contributed by atoms with Gasteiger partial charge in [0.25, 0.3) is 5.91 Å². The number of anilines is 1. The van der Waals surface area contributed by atoms with Crippen LogP contribution in [-0.2, 0) is 0 Å². The van der Waals surface area contributed by atoms with Crippen LogP contribution < -0.4 is 4.90 Å². The van der Waals surface area contributed by atoms with Gasteiger partial charge in [-0.15, -0.1) is 0 Å². The summed E-state index contributed by atoms with van der Waals surface area (Å²) in [5, 5.41) is 0. The average Bonchev–Trinajstić information content (AvgIpc) is 3.17. The number of carbonyl (C=O) groups excluding carboxylic acids is 1. The van der Waals surface area contributed by atoms with E-state index in [0.717, 1.165) is 24.1 Å². The molecule has 24 heavy (non-hydrogen) atoms. The van der Waals surface area contributed by atoms with Crippen LogP contribution in [0.2, 0.25) is 0 Å². The van der Waals surface area contributed by atoms with E-state index in [0.29, 0.717) is 17.9 Å². The number of benzene rings is 2. The molecule has 0 bridgehead atoms. The van der Waals surface area contributed by atoms with Crippen LogP contribution in [0.4, 0.5) is 5.69 Å². The van der Waals surface area contributed by atoms with E-state index in [1.165, 1.54) is 6.39 Å². The number of aromatic nitrogens is 1. The molecule has 0 aliphatic carbocycles. The van der Waals surface area contributed by atoms with Crippen molar-refractivity contribution >= 4 is 11.6 Å². The molecule has 0 N–H and O–H groups in total. The highest BCUT2D eigenvalue weighted by Crippen LogP contribution is 2.22. The second-order valence-corrected chi connectivity index (χ2v) is 5.59. The van der Waals surface area contributed by atoms with E-state index in [2.05, 4.69) is 11.9 Å². The molecule has 0 atom stereocenters. The number of para-hydroxylation sites is 1. The Morgan fingerprint density at radius 3 is 2.46 bits per heavy atom. The summed E-state index contributed by atoms with van der Waals surface area (Å²) in [5.74, 6) is 0.707. The van der Waals surface area contributed by atoms with E-state index >= 15 is 0 Å². The van der Waals surface area contributed by atoms with Crippen molar-refractivity contribution in [2.75, 3.05) is 11.4 Å². The number of hydrogen-bond donors (Lipinski definition) is 0. The lowest BCUT2D eigenvalue weighted by molar-refractivity contribution is 0.0986. The lowest BCUT2D eigenvalue weighted by Gasteiger charge is -2.23. The highest BCUT2D eigenvalue weighted by atomic mass is 16.3. The summed E-state index contributed by atoms with van der Waals surface area (Å²) in [6, 6.07) is 17.2. The third-order valence-electron chi connectivity index (χ3n) is 3.90. The van der Waals surface area contributed by atoms with E-state index in [-0.39, 0.29) is 5.91 Å². The number of nitrogens with zero attached hydrogens (tertiary/aromatic N) is 2. The Balaban J connectivity index is 1.84. The van der Waals surface area contributed by atoms with Crippen LogP contribution in [0, 0.1) is 0 Å². The molecule has 0 aliphatic heterocycles. The number of carbonyl (C=O) groups is 1. The molecule has 0 aliphatic rings. The van der Waals surface area contributed by atoms with Crippen LogP contribution >= 0.6 is 0 Å². The summed E-state index contributed by atoms with van der Waals surface area (Å²) in [7, 11) is 0. The SMILES string of the molecule is CCCCN(C(=O)c1ccc(-c2cnco2)cc1)c1ccccc1. The number of hydrogen-bond acceptors (Lipinski definition) is 3. The van der Waals surface area contributed by atoms with Crippen LogP contribution in [-0.4, -0.2) is 17.4 Å². The first-order valence-corrected chi connectivity index (χ1v) is 8.15. The van der Waals surface area contributed by atoms with Gasteiger partial charge in [-0.1, -0.05) is 43.7 Å². The first kappa shape index (κ1) is 16.0. The molecule has 3 aromatic rings. The van der Waals surface area contributed by atoms with Gasteiger partial charge in [-0.05, 0) is 30.7 Å². The molecule has 0 saturated heterocycles. The van der Waals surface area contributed by atoms with E-state index in [9.17, 15) is 4.79 Å². The molecular weight excluding hydrogens is 300 g/mol. The number of oxazole rings is 1. The summed E-state index contributed by atoms with van der Waals surface area (Å²) >= 11 is 0. The first-order valence-electron chi connectivity index (χ1n) is 8.15. The second kappa shape index (κ2) is 7.59. The van der Waals surface area contributed by atoms with Crippen LogP contribution in [0.1, 0.15) is 30.1 Å². The zero-order valence-corrected chi connectivity index (χ0v) is 13.7. The minimum atomic E-state index is 0.0127. The summed E-state index contributed by atoms with van der Waals surface area (Å²) in [6.45, 7) is 2.84. The lowest BCUT2D eigenvalue weighted by Crippen LogP contribution is -2.31. The molecule has 4 nitrogen and oxygen atoms in total. The minimum Gasteiger partial charge on any atom is -0.444 e. The van der Waals surface area contributed by atoms with Crippen molar-refractivity contribution in [2.24, 2.45) is 0 Å². The standard InChI is InChI=1S/C20H20N2O2/c1-2-3-13-22(18-7-5-4-6-8-18)20(23)17-11-9-16(10-12-17)19-14-21-15-24-19/h4-12,14-15H,2-3,13H2,1H3. The molecular formula is C20H20N2O2. The largest absolute Gasteiger partial charge is 0.444 e. The van der Waals surface area contributed by atoms with E-state index in [1.54, 1.807) is 6.20 Å². The molecule has 2 aromatic carbocycles. The molecule has 1 aromatic heterocycles. The highest BCUT2D eigenvalue weighted by Gasteiger charge is 2.17. The number of amides is 1. The first-order chi connectivity index (χ1) is 11.8. The van der Waals surface area contributed by atoms with Crippen molar-refractivity contribution in [1.82, 2.24) is 4.98 Å². The van der Waals surface area contributed by atoms with Gasteiger partial charge in [0.1, 0.15) is 0 Å². The molecule has 0 fully saturated rings. The monoisotopic (exact) mass is 320 g/mol. The van der Waals surface area contributed by atoms with Gasteiger partial charge in [-0.25, -0.2) is 4.98 Å². The fourth-order valence-electron chi connectivity index (χ4n) is 2.56. The molecule has 3 rings (SSSR count). The normalized spacial score (nSPS) is 10.5.